The average molecular weight is 303 g/mol. The maximum atomic E-state index is 5.42. The highest BCUT2D eigenvalue weighted by atomic mass is 16.6. The van der Waals surface area contributed by atoms with Gasteiger partial charge in [0, 0.05) is 13.3 Å². The molecule has 1 aromatic rings. The van der Waals surface area contributed by atoms with Gasteiger partial charge in [-0.15, -0.1) is 5.10 Å². The molecular weight excluding hydrogens is 274 g/mol. The van der Waals surface area contributed by atoms with Crippen molar-refractivity contribution >= 4 is 0 Å². The van der Waals surface area contributed by atoms with Crippen LogP contribution in [0.3, 0.4) is 0 Å². The molecule has 124 valence electrons. The molecule has 0 spiro atoms. The van der Waals surface area contributed by atoms with Crippen LogP contribution in [0.4, 0.5) is 0 Å². The van der Waals surface area contributed by atoms with Crippen LogP contribution in [-0.4, -0.2) is 68.4 Å². The Balaban J connectivity index is 0.00000191. The van der Waals surface area contributed by atoms with E-state index in [1.54, 1.807) is 11.8 Å². The molecule has 0 saturated carbocycles. The van der Waals surface area contributed by atoms with E-state index < -0.39 is 0 Å². The zero-order valence-corrected chi connectivity index (χ0v) is 13.7. The first-order valence-electron chi connectivity index (χ1n) is 7.42. The number of hydrogen-bond acceptors (Lipinski definition) is 6. The maximum absolute atomic E-state index is 5.42. The zero-order chi connectivity index (χ0) is 15.8. The molecular formula is C14H29N3O4. The van der Waals surface area contributed by atoms with Crippen molar-refractivity contribution in [3.63, 3.8) is 0 Å². The van der Waals surface area contributed by atoms with Crippen molar-refractivity contribution in [1.82, 2.24) is 15.0 Å². The number of rotatable bonds is 12. The van der Waals surface area contributed by atoms with Gasteiger partial charge in [-0.3, -0.25) is 0 Å². The molecule has 0 amide bonds. The monoisotopic (exact) mass is 303 g/mol. The van der Waals surface area contributed by atoms with E-state index in [2.05, 4.69) is 10.3 Å². The lowest BCUT2D eigenvalue weighted by Crippen LogP contribution is -2.13. The first kappa shape index (κ1) is 20.0. The Morgan fingerprint density at radius 3 is 1.90 bits per heavy atom. The molecule has 0 N–H and O–H groups in total. The molecule has 0 aromatic carbocycles. The van der Waals surface area contributed by atoms with E-state index in [-0.39, 0.29) is 0 Å². The van der Waals surface area contributed by atoms with Crippen molar-refractivity contribution in [3.05, 3.63) is 11.9 Å². The summed E-state index contributed by atoms with van der Waals surface area (Å²) in [6, 6.07) is 0. The van der Waals surface area contributed by atoms with Crippen LogP contribution in [0.15, 0.2) is 6.20 Å². The molecule has 7 heteroatoms. The fourth-order valence-electron chi connectivity index (χ4n) is 1.35. The molecule has 1 heterocycles. The number of aryl methyl sites for hydroxylation is 1. The standard InChI is InChI=1S/C12H23N3O4.C2H6/c1-12-11-15(14-13-12)3-4-17-7-8-19-10-9-18-6-5-16-2;1-2/h11H,3-10H2,1-2H3;1-2H3. The van der Waals surface area contributed by atoms with Crippen molar-refractivity contribution in [3.8, 4) is 0 Å². The van der Waals surface area contributed by atoms with Crippen LogP contribution in [-0.2, 0) is 25.5 Å². The number of nitrogens with zero attached hydrogens (tertiary/aromatic N) is 3. The molecule has 1 rings (SSSR count). The van der Waals surface area contributed by atoms with E-state index >= 15 is 0 Å². The second-order valence-corrected chi connectivity index (χ2v) is 3.95. The summed E-state index contributed by atoms with van der Waals surface area (Å²) in [5.74, 6) is 0. The van der Waals surface area contributed by atoms with Crippen LogP contribution in [0.5, 0.6) is 0 Å². The van der Waals surface area contributed by atoms with Gasteiger partial charge < -0.3 is 18.9 Å². The summed E-state index contributed by atoms with van der Waals surface area (Å²) in [6.07, 6.45) is 1.89. The Kier molecular flexibility index (Phi) is 14.6. The van der Waals surface area contributed by atoms with Gasteiger partial charge >= 0.3 is 0 Å². The summed E-state index contributed by atoms with van der Waals surface area (Å²) >= 11 is 0. The molecule has 0 aliphatic heterocycles. The number of methoxy groups -OCH3 is 1. The highest BCUT2D eigenvalue weighted by molar-refractivity contribution is 4.86. The van der Waals surface area contributed by atoms with Gasteiger partial charge in [0.05, 0.1) is 58.5 Å². The zero-order valence-electron chi connectivity index (χ0n) is 13.7. The van der Waals surface area contributed by atoms with E-state index in [4.69, 9.17) is 18.9 Å². The van der Waals surface area contributed by atoms with Gasteiger partial charge in [-0.05, 0) is 6.92 Å². The fraction of sp³-hybridized carbons (Fsp3) is 0.857. The van der Waals surface area contributed by atoms with Gasteiger partial charge in [0.1, 0.15) is 0 Å². The minimum absolute atomic E-state index is 0.573. The molecule has 0 aliphatic carbocycles. The predicted molar refractivity (Wildman–Crippen MR) is 80.4 cm³/mol. The topological polar surface area (TPSA) is 67.6 Å². The molecule has 0 saturated heterocycles. The van der Waals surface area contributed by atoms with Crippen molar-refractivity contribution in [2.75, 3.05) is 53.4 Å². The maximum Gasteiger partial charge on any atom is 0.0796 e. The number of hydrogen-bond donors (Lipinski definition) is 0. The molecule has 0 fully saturated rings. The highest BCUT2D eigenvalue weighted by Gasteiger charge is 1.95. The van der Waals surface area contributed by atoms with E-state index in [1.165, 1.54) is 0 Å². The second kappa shape index (κ2) is 15.4. The summed E-state index contributed by atoms with van der Waals surface area (Å²) in [4.78, 5) is 0. The van der Waals surface area contributed by atoms with Gasteiger partial charge in [0.25, 0.3) is 0 Å². The first-order chi connectivity index (χ1) is 10.3. The molecule has 0 aliphatic rings. The fourth-order valence-corrected chi connectivity index (χ4v) is 1.35. The van der Waals surface area contributed by atoms with Crippen LogP contribution >= 0.6 is 0 Å². The molecule has 0 atom stereocenters. The molecule has 0 bridgehead atoms. The second-order valence-electron chi connectivity index (χ2n) is 3.95. The Bertz CT molecular complexity index is 321. The van der Waals surface area contributed by atoms with Crippen LogP contribution < -0.4 is 0 Å². The van der Waals surface area contributed by atoms with Crippen LogP contribution in [0.25, 0.3) is 0 Å². The Morgan fingerprint density at radius 2 is 1.43 bits per heavy atom. The van der Waals surface area contributed by atoms with E-state index in [0.29, 0.717) is 52.8 Å². The summed E-state index contributed by atoms with van der Waals surface area (Å²) in [5.41, 5.74) is 0.914. The Morgan fingerprint density at radius 1 is 0.905 bits per heavy atom. The van der Waals surface area contributed by atoms with Crippen molar-refractivity contribution in [2.24, 2.45) is 0 Å². The third-order valence-electron chi connectivity index (χ3n) is 2.29. The van der Waals surface area contributed by atoms with Gasteiger partial charge in [-0.2, -0.15) is 0 Å². The minimum Gasteiger partial charge on any atom is -0.382 e. The van der Waals surface area contributed by atoms with Crippen LogP contribution in [0, 0.1) is 6.92 Å². The summed E-state index contributed by atoms with van der Waals surface area (Å²) in [5, 5.41) is 7.82. The lowest BCUT2D eigenvalue weighted by atomic mass is 10.5. The Hall–Kier alpha value is -1.02. The third kappa shape index (κ3) is 12.4. The predicted octanol–water partition coefficient (Wildman–Crippen LogP) is 1.31. The molecule has 0 radical (unpaired) electrons. The van der Waals surface area contributed by atoms with Gasteiger partial charge in [-0.25, -0.2) is 4.68 Å². The third-order valence-corrected chi connectivity index (χ3v) is 2.29. The van der Waals surface area contributed by atoms with E-state index in [0.717, 1.165) is 5.69 Å². The van der Waals surface area contributed by atoms with Crippen LogP contribution in [0.2, 0.25) is 0 Å². The number of aromatic nitrogens is 3. The lowest BCUT2D eigenvalue weighted by molar-refractivity contribution is 0.00244. The van der Waals surface area contributed by atoms with Crippen molar-refractivity contribution < 1.29 is 18.9 Å². The van der Waals surface area contributed by atoms with Gasteiger partial charge in [0.2, 0.25) is 0 Å². The lowest BCUT2D eigenvalue weighted by Gasteiger charge is -2.06. The summed E-state index contributed by atoms with van der Waals surface area (Å²) < 4.78 is 22.6. The van der Waals surface area contributed by atoms with E-state index in [1.807, 2.05) is 27.0 Å². The van der Waals surface area contributed by atoms with Gasteiger partial charge in [0.15, 0.2) is 0 Å². The Labute approximate surface area is 127 Å². The first-order valence-corrected chi connectivity index (χ1v) is 7.42. The normalized spacial score (nSPS) is 10.3. The number of ether oxygens (including phenoxy) is 4. The molecule has 0 unspecified atom stereocenters. The van der Waals surface area contributed by atoms with Crippen molar-refractivity contribution in [1.29, 1.82) is 0 Å². The molecule has 21 heavy (non-hydrogen) atoms. The van der Waals surface area contributed by atoms with Crippen molar-refractivity contribution in [2.45, 2.75) is 27.3 Å². The quantitative estimate of drug-likeness (QED) is 0.542. The largest absolute Gasteiger partial charge is 0.382 e. The minimum atomic E-state index is 0.573. The molecule has 7 nitrogen and oxygen atoms in total. The van der Waals surface area contributed by atoms with E-state index in [9.17, 15) is 0 Å². The van der Waals surface area contributed by atoms with Gasteiger partial charge in [-0.1, -0.05) is 19.1 Å². The highest BCUT2D eigenvalue weighted by Crippen LogP contribution is 1.89. The average Bonchev–Trinajstić information content (AvgIpc) is 2.92. The SMILES string of the molecule is CC.COCCOCCOCCOCCn1cc(C)nn1. The molecule has 1 aromatic heterocycles. The smallest absolute Gasteiger partial charge is 0.0796 e. The van der Waals surface area contributed by atoms with Crippen LogP contribution in [0.1, 0.15) is 19.5 Å². The summed E-state index contributed by atoms with van der Waals surface area (Å²) in [7, 11) is 1.65. The summed E-state index contributed by atoms with van der Waals surface area (Å²) in [6.45, 7) is 10.8.